The summed E-state index contributed by atoms with van der Waals surface area (Å²) in [6.45, 7) is 31.3. The van der Waals surface area contributed by atoms with Crippen LogP contribution in [0.2, 0.25) is 0 Å². The summed E-state index contributed by atoms with van der Waals surface area (Å²) in [5.41, 5.74) is 12.9. The van der Waals surface area contributed by atoms with Crippen molar-refractivity contribution in [3.8, 4) is 0 Å². The first-order valence-corrected chi connectivity index (χ1v) is 16.8. The Labute approximate surface area is 244 Å². The van der Waals surface area contributed by atoms with Crippen LogP contribution in [0.5, 0.6) is 0 Å². The Morgan fingerprint density at radius 2 is 0.718 bits per heavy atom. The zero-order valence-electron chi connectivity index (χ0n) is 28.3. The van der Waals surface area contributed by atoms with Crippen LogP contribution >= 0.6 is 0 Å². The molecule has 0 aromatic heterocycles. The van der Waals surface area contributed by atoms with E-state index in [9.17, 15) is 0 Å². The molecule has 0 fully saturated rings. The summed E-state index contributed by atoms with van der Waals surface area (Å²) in [4.78, 5) is 0. The van der Waals surface area contributed by atoms with Gasteiger partial charge in [-0.1, -0.05) is 114 Å². The largest absolute Gasteiger partial charge is 0.0648 e. The molecule has 0 saturated heterocycles. The van der Waals surface area contributed by atoms with Crippen LogP contribution in [-0.4, -0.2) is 0 Å². The van der Waals surface area contributed by atoms with Gasteiger partial charge in [-0.25, -0.2) is 0 Å². The van der Waals surface area contributed by atoms with E-state index in [1.54, 1.807) is 44.5 Å². The maximum Gasteiger partial charge on any atom is -0.0147 e. The van der Waals surface area contributed by atoms with E-state index < -0.39 is 0 Å². The number of rotatable bonds is 15. The van der Waals surface area contributed by atoms with E-state index in [1.807, 2.05) is 0 Å². The minimum Gasteiger partial charge on any atom is -0.0648 e. The third-order valence-corrected chi connectivity index (χ3v) is 10.5. The molecule has 39 heavy (non-hydrogen) atoms. The Morgan fingerprint density at radius 1 is 0.385 bits per heavy atom. The number of hydrogen-bond donors (Lipinski definition) is 0. The van der Waals surface area contributed by atoms with Gasteiger partial charge in [-0.15, -0.1) is 0 Å². The van der Waals surface area contributed by atoms with Crippen molar-refractivity contribution in [2.24, 2.45) is 0 Å². The van der Waals surface area contributed by atoms with Gasteiger partial charge in [0.15, 0.2) is 0 Å². The second-order valence-corrected chi connectivity index (χ2v) is 13.3. The van der Waals surface area contributed by atoms with E-state index in [-0.39, 0.29) is 0 Å². The zero-order chi connectivity index (χ0) is 29.4. The van der Waals surface area contributed by atoms with Crippen molar-refractivity contribution in [3.63, 3.8) is 0 Å². The Morgan fingerprint density at radius 3 is 1.13 bits per heavy atom. The Kier molecular flexibility index (Phi) is 13.3. The van der Waals surface area contributed by atoms with Crippen molar-refractivity contribution >= 4 is 0 Å². The van der Waals surface area contributed by atoms with Gasteiger partial charge in [0.2, 0.25) is 0 Å². The standard InChI is InChI=1S/C39H64/c1-14-25(7)32-21-34(38(29(11)18-5)35(22-32)27(9)16-3)20-31(13)37-24-33(26(8)15-2)23-36(28(10)17-4)39(37)30(12)19-6/h21-31H,14-20H2,1-13H3. The van der Waals surface area contributed by atoms with Gasteiger partial charge >= 0.3 is 0 Å². The van der Waals surface area contributed by atoms with Crippen LogP contribution in [0.4, 0.5) is 0 Å². The fraction of sp³-hybridized carbons (Fsp3) is 0.692. The summed E-state index contributed by atoms with van der Waals surface area (Å²) >= 11 is 0. The maximum atomic E-state index is 2.63. The molecule has 0 amide bonds. The summed E-state index contributed by atoms with van der Waals surface area (Å²) in [6.07, 6.45) is 8.35. The van der Waals surface area contributed by atoms with E-state index >= 15 is 0 Å². The maximum absolute atomic E-state index is 2.63. The third-order valence-electron chi connectivity index (χ3n) is 10.5. The smallest absolute Gasteiger partial charge is 0.0147 e. The average molecular weight is 533 g/mol. The van der Waals surface area contributed by atoms with Crippen LogP contribution in [0.15, 0.2) is 24.3 Å². The van der Waals surface area contributed by atoms with Crippen molar-refractivity contribution < 1.29 is 0 Å². The van der Waals surface area contributed by atoms with Gasteiger partial charge < -0.3 is 0 Å². The second kappa shape index (κ2) is 15.4. The van der Waals surface area contributed by atoms with Gasteiger partial charge in [0.25, 0.3) is 0 Å². The Hall–Kier alpha value is -1.56. The summed E-state index contributed by atoms with van der Waals surface area (Å²) in [5.74, 6) is 4.10. The summed E-state index contributed by atoms with van der Waals surface area (Å²) in [7, 11) is 0. The average Bonchev–Trinajstić information content (AvgIpc) is 2.97. The lowest BCUT2D eigenvalue weighted by Crippen LogP contribution is -2.15. The molecule has 0 heterocycles. The lowest BCUT2D eigenvalue weighted by atomic mass is 9.74. The minimum atomic E-state index is 0.501. The molecule has 0 spiro atoms. The highest BCUT2D eigenvalue weighted by Gasteiger charge is 2.26. The van der Waals surface area contributed by atoms with Gasteiger partial charge in [0, 0.05) is 0 Å². The van der Waals surface area contributed by atoms with Crippen LogP contribution in [0.3, 0.4) is 0 Å². The molecule has 0 aliphatic carbocycles. The van der Waals surface area contributed by atoms with Crippen LogP contribution in [0.1, 0.15) is 214 Å². The summed E-state index contributed by atoms with van der Waals surface area (Å²) in [6, 6.07) is 10.4. The second-order valence-electron chi connectivity index (χ2n) is 13.3. The number of benzene rings is 2. The van der Waals surface area contributed by atoms with Crippen molar-refractivity contribution in [2.45, 2.75) is 176 Å². The van der Waals surface area contributed by atoms with Crippen LogP contribution in [0, 0.1) is 0 Å². The lowest BCUT2D eigenvalue weighted by molar-refractivity contribution is 0.629. The van der Waals surface area contributed by atoms with E-state index in [4.69, 9.17) is 0 Å². The first-order valence-electron chi connectivity index (χ1n) is 16.8. The lowest BCUT2D eigenvalue weighted by Gasteiger charge is -2.30. The summed E-state index contributed by atoms with van der Waals surface area (Å²) in [5, 5.41) is 0. The molecule has 7 unspecified atom stereocenters. The highest BCUT2D eigenvalue weighted by atomic mass is 14.3. The molecule has 0 radical (unpaired) electrons. The molecule has 0 bridgehead atoms. The van der Waals surface area contributed by atoms with Gasteiger partial charge in [0.05, 0.1) is 0 Å². The topological polar surface area (TPSA) is 0 Å². The van der Waals surface area contributed by atoms with E-state index in [1.165, 1.54) is 38.5 Å². The Balaban J connectivity index is 2.84. The minimum absolute atomic E-state index is 0.501. The first-order chi connectivity index (χ1) is 18.5. The van der Waals surface area contributed by atoms with Crippen molar-refractivity contribution in [1.29, 1.82) is 0 Å². The first kappa shape index (κ1) is 33.6. The predicted molar refractivity (Wildman–Crippen MR) is 177 cm³/mol. The van der Waals surface area contributed by atoms with Crippen molar-refractivity contribution in [3.05, 3.63) is 68.8 Å². The molecule has 0 N–H and O–H groups in total. The third kappa shape index (κ3) is 7.80. The van der Waals surface area contributed by atoms with Gasteiger partial charge in [-0.2, -0.15) is 0 Å². The van der Waals surface area contributed by atoms with E-state index in [0.717, 1.165) is 6.42 Å². The molecule has 0 aliphatic rings. The van der Waals surface area contributed by atoms with Crippen molar-refractivity contribution in [2.75, 3.05) is 0 Å². The molecule has 0 aliphatic heterocycles. The van der Waals surface area contributed by atoms with Gasteiger partial charge in [-0.05, 0) is 131 Å². The fourth-order valence-corrected chi connectivity index (χ4v) is 6.38. The summed E-state index contributed by atoms with van der Waals surface area (Å²) < 4.78 is 0. The quantitative estimate of drug-likeness (QED) is 0.214. The van der Waals surface area contributed by atoms with Crippen LogP contribution < -0.4 is 0 Å². The van der Waals surface area contributed by atoms with Gasteiger partial charge in [-0.3, -0.25) is 0 Å². The molecule has 2 aromatic carbocycles. The zero-order valence-corrected chi connectivity index (χ0v) is 28.3. The van der Waals surface area contributed by atoms with E-state index in [2.05, 4.69) is 114 Å². The highest BCUT2D eigenvalue weighted by molar-refractivity contribution is 5.49. The molecular formula is C39H64. The van der Waals surface area contributed by atoms with Crippen LogP contribution in [-0.2, 0) is 6.42 Å². The molecule has 2 rings (SSSR count). The Bertz CT molecular complexity index is 1030. The molecule has 2 aromatic rings. The molecule has 7 atom stereocenters. The predicted octanol–water partition coefficient (Wildman–Crippen LogP) is 13.1. The highest BCUT2D eigenvalue weighted by Crippen LogP contribution is 2.42. The molecular weight excluding hydrogens is 468 g/mol. The van der Waals surface area contributed by atoms with E-state index in [0.29, 0.717) is 41.4 Å². The van der Waals surface area contributed by atoms with Gasteiger partial charge in [0.1, 0.15) is 0 Å². The molecule has 220 valence electrons. The van der Waals surface area contributed by atoms with Crippen LogP contribution in [0.25, 0.3) is 0 Å². The molecule has 0 saturated carbocycles. The molecule has 0 nitrogen and oxygen atoms in total. The normalized spacial score (nSPS) is 17.4. The number of hydrogen-bond acceptors (Lipinski definition) is 0. The molecule has 0 heteroatoms. The fourth-order valence-electron chi connectivity index (χ4n) is 6.38. The van der Waals surface area contributed by atoms with Crippen molar-refractivity contribution in [1.82, 2.24) is 0 Å². The SMILES string of the molecule is CCC(C)c1cc(CC(C)c2cc(C(C)CC)cc(C(C)CC)c2C(C)CC)c(C(C)CC)c(C(C)CC)c1. The monoisotopic (exact) mass is 533 g/mol.